The summed E-state index contributed by atoms with van der Waals surface area (Å²) in [6.07, 6.45) is -3.20. The first-order valence-electron chi connectivity index (χ1n) is 8.26. The molecule has 1 heterocycles. The molecule has 0 unspecified atom stereocenters. The molecule has 11 nitrogen and oxygen atoms in total. The van der Waals surface area contributed by atoms with E-state index in [1.165, 1.54) is 14.2 Å². The number of amides is 1. The van der Waals surface area contributed by atoms with Crippen LogP contribution in [-0.2, 0) is 28.5 Å². The van der Waals surface area contributed by atoms with Crippen molar-refractivity contribution in [3.63, 3.8) is 0 Å². The van der Waals surface area contributed by atoms with Crippen LogP contribution in [0.25, 0.3) is 10.4 Å². The number of hydrogen-bond acceptors (Lipinski definition) is 8. The van der Waals surface area contributed by atoms with Crippen LogP contribution in [0.4, 0.5) is 0 Å². The number of hydrogen-bond donors (Lipinski definition) is 1. The Balaban J connectivity index is 2.33. The van der Waals surface area contributed by atoms with Gasteiger partial charge in [0.25, 0.3) is 16.0 Å². The van der Waals surface area contributed by atoms with E-state index >= 15 is 0 Å². The Bertz CT molecular complexity index is 814. The van der Waals surface area contributed by atoms with Gasteiger partial charge in [0.1, 0.15) is 18.2 Å². The fourth-order valence-corrected chi connectivity index (χ4v) is 3.58. The van der Waals surface area contributed by atoms with Crippen LogP contribution in [0.2, 0.25) is 0 Å². The number of methoxy groups -OCH3 is 2. The molecule has 0 radical (unpaired) electrons. The Kier molecular flexibility index (Phi) is 7.75. The number of carbonyl (C=O) groups excluding carboxylic acids is 1. The van der Waals surface area contributed by atoms with Crippen LogP contribution < -0.4 is 5.32 Å². The molecule has 28 heavy (non-hydrogen) atoms. The van der Waals surface area contributed by atoms with Crippen molar-refractivity contribution in [2.45, 2.75) is 30.6 Å². The molecule has 0 saturated carbocycles. The van der Waals surface area contributed by atoms with Crippen LogP contribution in [0.1, 0.15) is 10.4 Å². The Morgan fingerprint density at radius 3 is 2.46 bits per heavy atom. The standard InChI is InChI=1S/C16H22N4O7S/c1-24-14-12(19-15(21)10-7-5-4-6-8-10)16(25-2)26-11(9-18-20-17)13(14)27-28(3,22)23/h4-8,11-14,16H,9H2,1-3H3,(H,19,21)/t11-,12+,13-,14+,16-/m0/s1. The van der Waals surface area contributed by atoms with Crippen molar-refractivity contribution in [1.82, 2.24) is 5.32 Å². The smallest absolute Gasteiger partial charge is 0.264 e. The van der Waals surface area contributed by atoms with Gasteiger partial charge in [0.15, 0.2) is 6.29 Å². The third kappa shape index (κ3) is 5.64. The summed E-state index contributed by atoms with van der Waals surface area (Å²) in [5.41, 5.74) is 8.98. The maximum Gasteiger partial charge on any atom is 0.264 e. The highest BCUT2D eigenvalue weighted by molar-refractivity contribution is 7.86. The summed E-state index contributed by atoms with van der Waals surface area (Å²) in [7, 11) is -1.20. The monoisotopic (exact) mass is 414 g/mol. The number of carbonyl (C=O) groups is 1. The number of nitrogens with zero attached hydrogens (tertiary/aromatic N) is 3. The SMILES string of the molecule is CO[C@H]1O[C@@H](CN=[N+]=[N-])[C@H](OS(C)(=O)=O)[C@H](OC)[C@H]1NC(=O)c1ccccc1. The highest BCUT2D eigenvalue weighted by atomic mass is 32.2. The fourth-order valence-electron chi connectivity index (χ4n) is 2.94. The second-order valence-corrected chi connectivity index (χ2v) is 7.62. The Morgan fingerprint density at radius 1 is 1.25 bits per heavy atom. The molecule has 1 aliphatic heterocycles. The summed E-state index contributed by atoms with van der Waals surface area (Å²) in [6.45, 7) is -0.213. The molecule has 5 atom stereocenters. The minimum atomic E-state index is -3.90. The van der Waals surface area contributed by atoms with Crippen LogP contribution in [0.5, 0.6) is 0 Å². The van der Waals surface area contributed by atoms with E-state index in [0.717, 1.165) is 6.26 Å². The van der Waals surface area contributed by atoms with Crippen LogP contribution in [0.15, 0.2) is 35.4 Å². The average Bonchev–Trinajstić information content (AvgIpc) is 2.67. The quantitative estimate of drug-likeness (QED) is 0.286. The maximum absolute atomic E-state index is 12.6. The molecule has 1 fully saturated rings. The third-order valence-corrected chi connectivity index (χ3v) is 4.67. The lowest BCUT2D eigenvalue weighted by Gasteiger charge is -2.44. The van der Waals surface area contributed by atoms with Crippen LogP contribution in [0.3, 0.4) is 0 Å². The van der Waals surface area contributed by atoms with Crippen molar-refractivity contribution in [3.05, 3.63) is 46.3 Å². The van der Waals surface area contributed by atoms with E-state index in [9.17, 15) is 13.2 Å². The summed E-state index contributed by atoms with van der Waals surface area (Å²) in [4.78, 5) is 15.2. The molecule has 1 aliphatic rings. The van der Waals surface area contributed by atoms with Gasteiger partial charge >= 0.3 is 0 Å². The molecule has 1 aromatic carbocycles. The van der Waals surface area contributed by atoms with Crippen molar-refractivity contribution >= 4 is 16.0 Å². The van der Waals surface area contributed by atoms with Crippen LogP contribution in [0, 0.1) is 0 Å². The molecular weight excluding hydrogens is 392 g/mol. The van der Waals surface area contributed by atoms with E-state index in [1.54, 1.807) is 30.3 Å². The highest BCUT2D eigenvalue weighted by Gasteiger charge is 2.49. The van der Waals surface area contributed by atoms with Gasteiger partial charge in [-0.25, -0.2) is 0 Å². The number of ether oxygens (including phenoxy) is 3. The van der Waals surface area contributed by atoms with E-state index in [0.29, 0.717) is 5.56 Å². The molecule has 0 aliphatic carbocycles. The van der Waals surface area contributed by atoms with Crippen molar-refractivity contribution in [2.24, 2.45) is 5.11 Å². The van der Waals surface area contributed by atoms with Gasteiger partial charge in [-0.15, -0.1) is 0 Å². The predicted octanol–water partition coefficient (Wildman–Crippen LogP) is 0.826. The normalized spacial score (nSPS) is 27.6. The zero-order chi connectivity index (χ0) is 20.7. The highest BCUT2D eigenvalue weighted by Crippen LogP contribution is 2.28. The number of benzene rings is 1. The lowest BCUT2D eigenvalue weighted by Crippen LogP contribution is -2.65. The van der Waals surface area contributed by atoms with E-state index in [1.807, 2.05) is 0 Å². The Hall–Kier alpha value is -2.21. The van der Waals surface area contributed by atoms with Crippen LogP contribution >= 0.6 is 0 Å². The molecule has 0 bridgehead atoms. The predicted molar refractivity (Wildman–Crippen MR) is 97.9 cm³/mol. The van der Waals surface area contributed by atoms with E-state index in [2.05, 4.69) is 15.3 Å². The van der Waals surface area contributed by atoms with Gasteiger partial charge in [0.05, 0.1) is 18.9 Å². The molecule has 0 aromatic heterocycles. The molecular formula is C16H22N4O7S. The lowest BCUT2D eigenvalue weighted by molar-refractivity contribution is -0.251. The molecule has 12 heteroatoms. The maximum atomic E-state index is 12.6. The summed E-state index contributed by atoms with van der Waals surface area (Å²) in [6, 6.07) is 7.54. The van der Waals surface area contributed by atoms with E-state index < -0.39 is 46.7 Å². The summed E-state index contributed by atoms with van der Waals surface area (Å²) in [5, 5.41) is 6.17. The zero-order valence-electron chi connectivity index (χ0n) is 15.6. The lowest BCUT2D eigenvalue weighted by atomic mass is 9.96. The number of nitrogens with one attached hydrogen (secondary N) is 1. The second-order valence-electron chi connectivity index (χ2n) is 6.02. The molecule has 1 amide bonds. The average molecular weight is 414 g/mol. The topological polar surface area (TPSA) is 149 Å². The van der Waals surface area contributed by atoms with Crippen LogP contribution in [-0.4, -0.2) is 72.0 Å². The largest absolute Gasteiger partial charge is 0.376 e. The van der Waals surface area contributed by atoms with Gasteiger partial charge < -0.3 is 19.5 Å². The van der Waals surface area contributed by atoms with Gasteiger partial charge in [-0.3, -0.25) is 8.98 Å². The van der Waals surface area contributed by atoms with Gasteiger partial charge in [-0.05, 0) is 17.7 Å². The first-order valence-corrected chi connectivity index (χ1v) is 10.1. The zero-order valence-corrected chi connectivity index (χ0v) is 16.4. The van der Waals surface area contributed by atoms with E-state index in [-0.39, 0.29) is 6.54 Å². The third-order valence-electron chi connectivity index (χ3n) is 4.10. The number of rotatable bonds is 8. The van der Waals surface area contributed by atoms with Crippen molar-refractivity contribution < 1.29 is 31.6 Å². The van der Waals surface area contributed by atoms with Crippen molar-refractivity contribution in [1.29, 1.82) is 0 Å². The van der Waals surface area contributed by atoms with Crippen molar-refractivity contribution in [3.8, 4) is 0 Å². The van der Waals surface area contributed by atoms with Crippen molar-refractivity contribution in [2.75, 3.05) is 27.0 Å². The molecule has 1 aromatic rings. The fraction of sp³-hybridized carbons (Fsp3) is 0.562. The minimum absolute atomic E-state index is 0.213. The summed E-state index contributed by atoms with van der Waals surface area (Å²) < 4.78 is 45.0. The van der Waals surface area contributed by atoms with Gasteiger partial charge in [0.2, 0.25) is 0 Å². The second kappa shape index (κ2) is 9.82. The number of azide groups is 1. The molecule has 0 spiro atoms. The molecule has 1 saturated heterocycles. The summed E-state index contributed by atoms with van der Waals surface area (Å²) in [5.74, 6) is -0.426. The van der Waals surface area contributed by atoms with Gasteiger partial charge in [-0.1, -0.05) is 23.3 Å². The summed E-state index contributed by atoms with van der Waals surface area (Å²) >= 11 is 0. The molecule has 1 N–H and O–H groups in total. The van der Waals surface area contributed by atoms with E-state index in [4.69, 9.17) is 23.9 Å². The first kappa shape index (κ1) is 22.1. The van der Waals surface area contributed by atoms with Gasteiger partial charge in [-0.2, -0.15) is 8.42 Å². The first-order chi connectivity index (χ1) is 13.3. The van der Waals surface area contributed by atoms with Gasteiger partial charge in [0, 0.05) is 24.7 Å². The minimum Gasteiger partial charge on any atom is -0.376 e. The molecule has 154 valence electrons. The Labute approximate surface area is 162 Å². The molecule has 2 rings (SSSR count). The Morgan fingerprint density at radius 2 is 1.93 bits per heavy atom.